The van der Waals surface area contributed by atoms with E-state index in [4.69, 9.17) is 0 Å². The van der Waals surface area contributed by atoms with Gasteiger partial charge >= 0.3 is 0 Å². The fourth-order valence-electron chi connectivity index (χ4n) is 3.05. The van der Waals surface area contributed by atoms with Crippen LogP contribution in [0.4, 0.5) is 5.69 Å². The van der Waals surface area contributed by atoms with E-state index in [2.05, 4.69) is 48.2 Å². The van der Waals surface area contributed by atoms with Crippen LogP contribution in [0.5, 0.6) is 0 Å². The summed E-state index contributed by atoms with van der Waals surface area (Å²) in [5.74, 6) is 0. The zero-order valence-electron chi connectivity index (χ0n) is 12.6. The van der Waals surface area contributed by atoms with Gasteiger partial charge in [-0.05, 0) is 49.4 Å². The molecule has 1 unspecified atom stereocenters. The van der Waals surface area contributed by atoms with E-state index in [1.165, 1.54) is 48.2 Å². The Bertz CT molecular complexity index is 600. The third-order valence-electron chi connectivity index (χ3n) is 4.40. The maximum Gasteiger partial charge on any atom is 0.0568 e. The van der Waals surface area contributed by atoms with Crippen LogP contribution in [-0.2, 0) is 13.5 Å². The van der Waals surface area contributed by atoms with E-state index in [0.717, 1.165) is 0 Å². The van der Waals surface area contributed by atoms with Crippen molar-refractivity contribution in [1.29, 1.82) is 0 Å². The Morgan fingerprint density at radius 3 is 2.85 bits per heavy atom. The SMILES string of the molecule is CCC(C)N1CCCc2cc(-c3cnn(C)c3)ccc21. The van der Waals surface area contributed by atoms with Crippen LogP contribution in [0.3, 0.4) is 0 Å². The van der Waals surface area contributed by atoms with Crippen molar-refractivity contribution in [1.82, 2.24) is 9.78 Å². The van der Waals surface area contributed by atoms with E-state index in [-0.39, 0.29) is 0 Å². The Kier molecular flexibility index (Phi) is 3.51. The number of fused-ring (bicyclic) bond motifs is 1. The molecule has 0 saturated heterocycles. The molecule has 0 fully saturated rings. The molecular weight excluding hydrogens is 246 g/mol. The molecule has 0 aliphatic carbocycles. The molecule has 1 aliphatic rings. The largest absolute Gasteiger partial charge is 0.369 e. The van der Waals surface area contributed by atoms with E-state index >= 15 is 0 Å². The van der Waals surface area contributed by atoms with Crippen molar-refractivity contribution in [3.05, 3.63) is 36.2 Å². The van der Waals surface area contributed by atoms with Gasteiger partial charge in [0.05, 0.1) is 6.20 Å². The van der Waals surface area contributed by atoms with E-state index in [9.17, 15) is 0 Å². The lowest BCUT2D eigenvalue weighted by Gasteiger charge is -2.36. The first kappa shape index (κ1) is 13.2. The number of aromatic nitrogens is 2. The second-order valence-electron chi connectivity index (χ2n) is 5.80. The molecule has 0 amide bonds. The van der Waals surface area contributed by atoms with Crippen molar-refractivity contribution in [2.75, 3.05) is 11.4 Å². The van der Waals surface area contributed by atoms with Gasteiger partial charge < -0.3 is 4.90 Å². The first-order chi connectivity index (χ1) is 9.69. The summed E-state index contributed by atoms with van der Waals surface area (Å²) in [5, 5.41) is 4.27. The van der Waals surface area contributed by atoms with Gasteiger partial charge in [0.1, 0.15) is 0 Å². The summed E-state index contributed by atoms with van der Waals surface area (Å²) < 4.78 is 1.86. The summed E-state index contributed by atoms with van der Waals surface area (Å²) in [6, 6.07) is 7.50. The van der Waals surface area contributed by atoms with Gasteiger partial charge in [-0.2, -0.15) is 5.10 Å². The minimum Gasteiger partial charge on any atom is -0.369 e. The molecule has 106 valence electrons. The fourth-order valence-corrected chi connectivity index (χ4v) is 3.05. The molecule has 1 aromatic carbocycles. The molecule has 0 N–H and O–H groups in total. The lowest BCUT2D eigenvalue weighted by molar-refractivity contribution is 0.580. The number of rotatable bonds is 3. The third kappa shape index (κ3) is 2.33. The van der Waals surface area contributed by atoms with Gasteiger partial charge in [-0.25, -0.2) is 0 Å². The molecule has 0 saturated carbocycles. The van der Waals surface area contributed by atoms with Crippen LogP contribution in [-0.4, -0.2) is 22.4 Å². The normalized spacial score (nSPS) is 16.1. The zero-order valence-corrected chi connectivity index (χ0v) is 12.6. The number of hydrogen-bond donors (Lipinski definition) is 0. The number of aryl methyl sites for hydroxylation is 2. The molecule has 1 atom stereocenters. The van der Waals surface area contributed by atoms with Crippen LogP contribution in [0.25, 0.3) is 11.1 Å². The second kappa shape index (κ2) is 5.31. The van der Waals surface area contributed by atoms with Crippen molar-refractivity contribution in [3.63, 3.8) is 0 Å². The van der Waals surface area contributed by atoms with E-state index in [1.54, 1.807) is 0 Å². The summed E-state index contributed by atoms with van der Waals surface area (Å²) in [6.45, 7) is 5.78. The Morgan fingerprint density at radius 2 is 2.15 bits per heavy atom. The Labute approximate surface area is 121 Å². The molecular formula is C17H23N3. The summed E-state index contributed by atoms with van der Waals surface area (Å²) in [6.07, 6.45) is 7.67. The average molecular weight is 269 g/mol. The maximum absolute atomic E-state index is 4.27. The van der Waals surface area contributed by atoms with Gasteiger partial charge in [-0.15, -0.1) is 0 Å². The minimum atomic E-state index is 0.623. The predicted octanol–water partition coefficient (Wildman–Crippen LogP) is 3.64. The lowest BCUT2D eigenvalue weighted by Crippen LogP contribution is -2.36. The van der Waals surface area contributed by atoms with Gasteiger partial charge in [-0.3, -0.25) is 4.68 Å². The highest BCUT2D eigenvalue weighted by atomic mass is 15.2. The first-order valence-corrected chi connectivity index (χ1v) is 7.57. The van der Waals surface area contributed by atoms with E-state index < -0.39 is 0 Å². The minimum absolute atomic E-state index is 0.623. The van der Waals surface area contributed by atoms with Gasteiger partial charge in [0.15, 0.2) is 0 Å². The molecule has 1 aromatic heterocycles. The number of hydrogen-bond acceptors (Lipinski definition) is 2. The van der Waals surface area contributed by atoms with Crippen molar-refractivity contribution >= 4 is 5.69 Å². The highest BCUT2D eigenvalue weighted by Gasteiger charge is 2.20. The lowest BCUT2D eigenvalue weighted by atomic mass is 9.96. The molecule has 3 heteroatoms. The second-order valence-corrected chi connectivity index (χ2v) is 5.80. The van der Waals surface area contributed by atoms with Gasteiger partial charge in [0, 0.05) is 37.1 Å². The Hall–Kier alpha value is -1.77. The maximum atomic E-state index is 4.27. The topological polar surface area (TPSA) is 21.1 Å². The van der Waals surface area contributed by atoms with Crippen molar-refractivity contribution < 1.29 is 0 Å². The molecule has 20 heavy (non-hydrogen) atoms. The van der Waals surface area contributed by atoms with Crippen LogP contribution in [0.2, 0.25) is 0 Å². The fraction of sp³-hybridized carbons (Fsp3) is 0.471. The summed E-state index contributed by atoms with van der Waals surface area (Å²) in [4.78, 5) is 2.56. The van der Waals surface area contributed by atoms with E-state index in [1.807, 2.05) is 17.9 Å². The molecule has 0 radical (unpaired) electrons. The first-order valence-electron chi connectivity index (χ1n) is 7.57. The van der Waals surface area contributed by atoms with Crippen molar-refractivity contribution in [2.24, 2.45) is 7.05 Å². The number of anilines is 1. The number of benzene rings is 1. The predicted molar refractivity (Wildman–Crippen MR) is 84.1 cm³/mol. The van der Waals surface area contributed by atoms with Gasteiger partial charge in [-0.1, -0.05) is 13.0 Å². The summed E-state index contributed by atoms with van der Waals surface area (Å²) in [7, 11) is 1.96. The van der Waals surface area contributed by atoms with Crippen LogP contribution in [0.15, 0.2) is 30.6 Å². The van der Waals surface area contributed by atoms with Crippen LogP contribution in [0.1, 0.15) is 32.3 Å². The molecule has 0 spiro atoms. The smallest absolute Gasteiger partial charge is 0.0568 e. The van der Waals surface area contributed by atoms with Crippen LogP contribution < -0.4 is 4.90 Å². The molecule has 0 bridgehead atoms. The molecule has 2 aromatic rings. The molecule has 1 aliphatic heterocycles. The molecule has 2 heterocycles. The Balaban J connectivity index is 1.96. The summed E-state index contributed by atoms with van der Waals surface area (Å²) in [5.41, 5.74) is 5.40. The van der Waals surface area contributed by atoms with Crippen molar-refractivity contribution in [3.8, 4) is 11.1 Å². The Morgan fingerprint density at radius 1 is 1.30 bits per heavy atom. The van der Waals surface area contributed by atoms with Crippen LogP contribution >= 0.6 is 0 Å². The van der Waals surface area contributed by atoms with Crippen molar-refractivity contribution in [2.45, 2.75) is 39.2 Å². The standard InChI is InChI=1S/C17H23N3/c1-4-13(2)20-9-5-6-15-10-14(7-8-17(15)20)16-11-18-19(3)12-16/h7-8,10-13H,4-6,9H2,1-3H3. The van der Waals surface area contributed by atoms with Gasteiger partial charge in [0.2, 0.25) is 0 Å². The summed E-state index contributed by atoms with van der Waals surface area (Å²) >= 11 is 0. The average Bonchev–Trinajstić information content (AvgIpc) is 2.92. The monoisotopic (exact) mass is 269 g/mol. The number of nitrogens with zero attached hydrogens (tertiary/aromatic N) is 3. The molecule has 3 rings (SSSR count). The highest BCUT2D eigenvalue weighted by molar-refractivity contribution is 5.69. The highest BCUT2D eigenvalue weighted by Crippen LogP contribution is 2.33. The zero-order chi connectivity index (χ0) is 14.1. The quantitative estimate of drug-likeness (QED) is 0.848. The third-order valence-corrected chi connectivity index (χ3v) is 4.40. The van der Waals surface area contributed by atoms with Crippen LogP contribution in [0, 0.1) is 0 Å². The van der Waals surface area contributed by atoms with E-state index in [0.29, 0.717) is 6.04 Å². The molecule has 3 nitrogen and oxygen atoms in total. The van der Waals surface area contributed by atoms with Gasteiger partial charge in [0.25, 0.3) is 0 Å².